The van der Waals surface area contributed by atoms with Gasteiger partial charge in [0, 0.05) is 36.4 Å². The van der Waals surface area contributed by atoms with Crippen molar-refractivity contribution in [3.63, 3.8) is 0 Å². The van der Waals surface area contributed by atoms with Gasteiger partial charge in [-0.3, -0.25) is 19.0 Å². The molecular weight excluding hydrogens is 701 g/mol. The van der Waals surface area contributed by atoms with E-state index < -0.39 is 0 Å². The fourth-order valence-electron chi connectivity index (χ4n) is 8.48. The topological polar surface area (TPSA) is 103 Å². The summed E-state index contributed by atoms with van der Waals surface area (Å²) in [5, 5.41) is 20.3. The molecule has 274 valence electrons. The lowest BCUT2D eigenvalue weighted by molar-refractivity contribution is -0.295. The molecular formula is C48H36N2O6. The van der Waals surface area contributed by atoms with Gasteiger partial charge in [-0.05, 0) is 73.8 Å². The summed E-state index contributed by atoms with van der Waals surface area (Å²) in [6.07, 6.45) is 6.99. The third-order valence-corrected chi connectivity index (χ3v) is 11.4. The van der Waals surface area contributed by atoms with E-state index in [9.17, 15) is 19.5 Å². The van der Waals surface area contributed by atoms with Crippen LogP contribution in [0.25, 0.3) is 55.1 Å². The zero-order valence-electron chi connectivity index (χ0n) is 31.0. The number of rotatable bonds is 8. The Morgan fingerprint density at radius 3 is 2.09 bits per heavy atom. The smallest absolute Gasteiger partial charge is 0.435 e. The number of hydrogen-bond acceptors (Lipinski definition) is 6. The molecule has 0 bridgehead atoms. The minimum Gasteiger partial charge on any atom is -0.871 e. The Labute approximate surface area is 320 Å². The van der Waals surface area contributed by atoms with Crippen LogP contribution in [0.2, 0.25) is 0 Å². The highest BCUT2D eigenvalue weighted by Crippen LogP contribution is 2.41. The fourth-order valence-corrected chi connectivity index (χ4v) is 8.48. The molecule has 1 aliphatic carbocycles. The third-order valence-electron chi connectivity index (χ3n) is 11.4. The van der Waals surface area contributed by atoms with Gasteiger partial charge in [0.15, 0.2) is 17.0 Å². The van der Waals surface area contributed by atoms with E-state index in [0.717, 1.165) is 69.2 Å². The first-order valence-corrected chi connectivity index (χ1v) is 19.3. The number of fused-ring (bicyclic) bond motifs is 2. The third kappa shape index (κ3) is 4.91. The van der Waals surface area contributed by atoms with Crippen molar-refractivity contribution in [1.82, 2.24) is 4.57 Å². The number of carbonyl (C=O) groups is 1. The van der Waals surface area contributed by atoms with E-state index in [-0.39, 0.29) is 44.0 Å². The van der Waals surface area contributed by atoms with Crippen LogP contribution in [0.3, 0.4) is 0 Å². The summed E-state index contributed by atoms with van der Waals surface area (Å²) < 4.78 is 14.3. The average molecular weight is 737 g/mol. The van der Waals surface area contributed by atoms with Crippen LogP contribution in [0, 0.1) is 10.4 Å². The van der Waals surface area contributed by atoms with Crippen molar-refractivity contribution >= 4 is 66.5 Å². The number of unbranched alkanes of at least 4 members (excludes halogenated alkanes) is 2. The van der Waals surface area contributed by atoms with Crippen molar-refractivity contribution in [2.45, 2.75) is 46.1 Å². The van der Waals surface area contributed by atoms with Crippen LogP contribution in [-0.2, 0) is 11.3 Å². The van der Waals surface area contributed by atoms with Gasteiger partial charge in [0.2, 0.25) is 16.7 Å². The molecule has 0 radical (unpaired) electrons. The fraction of sp³-hybridized carbons (Fsp3) is 0.167. The van der Waals surface area contributed by atoms with Gasteiger partial charge in [0.25, 0.3) is 0 Å². The standard InChI is InChI=1S/C48H36N2O6/c1-3-5-23-49-35-11-7-9-13-37(35)55-39(49)25-33-45(51)43(46(33)52)31-21-17-27-16-20-30-32(22-18-28-15-19-29(31)41(27)42(28)30)44-47(53)34(48(44)54)26-40-50(24-6-4-2)36-12-8-10-14-38(36)56-40/h7-22,25-26H,3-6,23-24H2,1-2H3. The van der Waals surface area contributed by atoms with E-state index in [4.69, 9.17) is 9.15 Å². The van der Waals surface area contributed by atoms with E-state index in [1.54, 1.807) is 12.2 Å². The molecule has 1 aliphatic heterocycles. The molecule has 2 heterocycles. The van der Waals surface area contributed by atoms with Crippen molar-refractivity contribution in [1.29, 1.82) is 0 Å². The van der Waals surface area contributed by atoms with Crippen molar-refractivity contribution in [2.24, 2.45) is 0 Å². The molecule has 7 aromatic carbocycles. The quantitative estimate of drug-likeness (QED) is 0.125. The second kappa shape index (κ2) is 12.9. The van der Waals surface area contributed by atoms with Crippen LogP contribution in [0.15, 0.2) is 134 Å². The molecule has 10 rings (SSSR count). The normalized spacial score (nSPS) is 15.9. The Balaban J connectivity index is 1.13. The molecule has 0 unspecified atom stereocenters. The number of carbonyl (C=O) groups excluding carboxylic acids is 1. The van der Waals surface area contributed by atoms with E-state index in [1.165, 1.54) is 0 Å². The number of nitrogens with zero attached hydrogens (tertiary/aromatic N) is 2. The van der Waals surface area contributed by atoms with Crippen LogP contribution in [0.1, 0.15) is 45.4 Å². The van der Waals surface area contributed by atoms with E-state index >= 15 is 0 Å². The summed E-state index contributed by atoms with van der Waals surface area (Å²) in [5.41, 5.74) is 2.12. The molecule has 8 heteroatoms. The molecule has 0 saturated heterocycles. The highest BCUT2D eigenvalue weighted by atomic mass is 16.5. The highest BCUT2D eigenvalue weighted by molar-refractivity contribution is 6.38. The minimum absolute atomic E-state index is 0.0954. The Morgan fingerprint density at radius 2 is 1.36 bits per heavy atom. The lowest BCUT2D eigenvalue weighted by Crippen LogP contribution is -2.49. The van der Waals surface area contributed by atoms with Gasteiger partial charge in [-0.1, -0.05) is 105 Å². The van der Waals surface area contributed by atoms with Crippen molar-refractivity contribution in [2.75, 3.05) is 11.4 Å². The number of aryl methyl sites for hydroxylation is 1. The maximum Gasteiger partial charge on any atom is 0.435 e. The first kappa shape index (κ1) is 33.7. The molecule has 8 nitrogen and oxygen atoms in total. The molecule has 0 saturated carbocycles. The van der Waals surface area contributed by atoms with Gasteiger partial charge in [-0.25, -0.2) is 0 Å². The van der Waals surface area contributed by atoms with Gasteiger partial charge in [0.1, 0.15) is 0 Å². The number of ether oxygens (including phenoxy) is 1. The average Bonchev–Trinajstić information content (AvgIpc) is 3.77. The van der Waals surface area contributed by atoms with E-state index in [2.05, 4.69) is 13.8 Å². The SMILES string of the molecule is CCCCN1C(=CC2=C([O-])C(=c3ccc4ccc5c(=c6c(=O)c(=Cc7[o+]c8ccccc8n7CCCC)c6=O)ccc6ccc3c4c65)C2=O)Oc2ccccc21. The van der Waals surface area contributed by atoms with Crippen LogP contribution >= 0.6 is 0 Å². The molecule has 2 aliphatic rings. The number of para-hydroxylation sites is 4. The summed E-state index contributed by atoms with van der Waals surface area (Å²) in [6.45, 7) is 5.64. The number of oxazole rings is 1. The van der Waals surface area contributed by atoms with Gasteiger partial charge < -0.3 is 14.7 Å². The van der Waals surface area contributed by atoms with Crippen molar-refractivity contribution in [3.05, 3.63) is 168 Å². The Hall–Kier alpha value is -6.80. The Morgan fingerprint density at radius 1 is 0.714 bits per heavy atom. The summed E-state index contributed by atoms with van der Waals surface area (Å²) in [5.74, 6) is 0.996. The first-order chi connectivity index (χ1) is 27.4. The Kier molecular flexibility index (Phi) is 7.78. The first-order valence-electron chi connectivity index (χ1n) is 19.3. The lowest BCUT2D eigenvalue weighted by atomic mass is 9.83. The zero-order chi connectivity index (χ0) is 38.2. The van der Waals surface area contributed by atoms with Crippen molar-refractivity contribution < 1.29 is 19.1 Å². The van der Waals surface area contributed by atoms with E-state index in [1.807, 2.05) is 107 Å². The second-order valence-electron chi connectivity index (χ2n) is 14.7. The minimum atomic E-state index is -0.325. The summed E-state index contributed by atoms with van der Waals surface area (Å²) in [6, 6.07) is 30.7. The molecule has 0 amide bonds. The van der Waals surface area contributed by atoms with Gasteiger partial charge >= 0.3 is 11.5 Å². The molecule has 1 aromatic heterocycles. The molecule has 8 aromatic rings. The van der Waals surface area contributed by atoms with Crippen LogP contribution in [0.4, 0.5) is 5.69 Å². The molecule has 0 N–H and O–H groups in total. The summed E-state index contributed by atoms with van der Waals surface area (Å²) in [4.78, 5) is 43.6. The van der Waals surface area contributed by atoms with E-state index in [0.29, 0.717) is 46.6 Å². The largest absolute Gasteiger partial charge is 0.871 e. The van der Waals surface area contributed by atoms with Crippen LogP contribution < -0.4 is 36.0 Å². The number of ketones is 1. The summed E-state index contributed by atoms with van der Waals surface area (Å²) in [7, 11) is 0. The van der Waals surface area contributed by atoms with Crippen LogP contribution in [0.5, 0.6) is 5.75 Å². The highest BCUT2D eigenvalue weighted by Gasteiger charge is 2.32. The second-order valence-corrected chi connectivity index (χ2v) is 14.7. The molecule has 56 heavy (non-hydrogen) atoms. The number of allylic oxidation sites excluding steroid dienone is 3. The van der Waals surface area contributed by atoms with Gasteiger partial charge in [-0.2, -0.15) is 4.42 Å². The number of aromatic nitrogens is 1. The van der Waals surface area contributed by atoms with Crippen LogP contribution in [-0.4, -0.2) is 16.9 Å². The van der Waals surface area contributed by atoms with Crippen molar-refractivity contribution in [3.8, 4) is 5.75 Å². The van der Waals surface area contributed by atoms with Gasteiger partial charge in [0.05, 0.1) is 22.2 Å². The number of Topliss-reactive ketones (excluding diaryl/α,β-unsaturated/α-hetero) is 1. The number of benzene rings is 6. The number of anilines is 1. The molecule has 0 spiro atoms. The maximum absolute atomic E-state index is 13.9. The predicted octanol–water partition coefficient (Wildman–Crippen LogP) is 6.81. The van der Waals surface area contributed by atoms with Gasteiger partial charge in [-0.15, -0.1) is 0 Å². The number of hydrogen-bond donors (Lipinski definition) is 0. The molecule has 0 atom stereocenters. The lowest BCUT2D eigenvalue weighted by Gasteiger charge is -2.30. The predicted molar refractivity (Wildman–Crippen MR) is 218 cm³/mol. The monoisotopic (exact) mass is 736 g/mol. The zero-order valence-corrected chi connectivity index (χ0v) is 31.0. The summed E-state index contributed by atoms with van der Waals surface area (Å²) >= 11 is 0. The molecule has 0 fully saturated rings. The Bertz CT molecular complexity index is 3310. The maximum atomic E-state index is 13.9.